The van der Waals surface area contributed by atoms with Gasteiger partial charge in [-0.1, -0.05) is 228 Å². The van der Waals surface area contributed by atoms with Crippen molar-refractivity contribution in [2.45, 2.75) is 251 Å². The Morgan fingerprint density at radius 1 is 0.470 bits per heavy atom. The molecule has 0 saturated heterocycles. The zero-order valence-corrected chi connectivity index (χ0v) is 43.8. The highest BCUT2D eigenvalue weighted by Gasteiger charge is 2.25. The van der Waals surface area contributed by atoms with E-state index in [1.54, 1.807) is 0 Å². The first kappa shape index (κ1) is 63.9. The maximum atomic E-state index is 12.7. The number of carbonyl (C=O) groups is 1. The molecule has 0 amide bonds. The van der Waals surface area contributed by atoms with Gasteiger partial charge in [-0.05, 0) is 83.5 Å². The molecule has 0 saturated carbocycles. The van der Waals surface area contributed by atoms with E-state index in [-0.39, 0.29) is 32.3 Å². The van der Waals surface area contributed by atoms with Gasteiger partial charge in [-0.15, -0.1) is 0 Å². The molecule has 0 aliphatic rings. The summed E-state index contributed by atoms with van der Waals surface area (Å²) in [6.45, 7) is 4.81. The maximum Gasteiger partial charge on any atom is 0.472 e. The Hall–Kier alpha value is -2.06. The topological polar surface area (TPSA) is 117 Å². The summed E-state index contributed by atoms with van der Waals surface area (Å²) in [5.41, 5.74) is 5.40. The lowest BCUT2D eigenvalue weighted by Gasteiger charge is -2.20. The fourth-order valence-electron chi connectivity index (χ4n) is 7.61. The van der Waals surface area contributed by atoms with E-state index in [0.29, 0.717) is 13.0 Å². The predicted molar refractivity (Wildman–Crippen MR) is 284 cm³/mol. The van der Waals surface area contributed by atoms with Gasteiger partial charge in [-0.3, -0.25) is 13.8 Å². The monoisotopic (exact) mass is 946 g/mol. The van der Waals surface area contributed by atoms with Crippen LogP contribution in [0.5, 0.6) is 0 Å². The molecule has 0 radical (unpaired) electrons. The van der Waals surface area contributed by atoms with Crippen LogP contribution in [0.3, 0.4) is 0 Å². The van der Waals surface area contributed by atoms with Crippen molar-refractivity contribution in [3.8, 4) is 0 Å². The minimum atomic E-state index is -4.29. The Kier molecular flexibility index (Phi) is 52.2. The van der Waals surface area contributed by atoms with Crippen molar-refractivity contribution in [2.75, 3.05) is 33.0 Å². The van der Waals surface area contributed by atoms with E-state index in [0.717, 1.165) is 70.6 Å². The number of rotatable bonds is 52. The summed E-state index contributed by atoms with van der Waals surface area (Å²) in [6, 6.07) is 0. The molecular formula is C57H104NO7P. The van der Waals surface area contributed by atoms with Crippen LogP contribution >= 0.6 is 7.82 Å². The number of esters is 1. The number of hydrogen-bond acceptors (Lipinski definition) is 7. The van der Waals surface area contributed by atoms with Gasteiger partial charge < -0.3 is 20.1 Å². The fourth-order valence-corrected chi connectivity index (χ4v) is 8.37. The van der Waals surface area contributed by atoms with E-state index in [4.69, 9.17) is 24.3 Å². The number of unbranched alkanes of at least 4 members (excludes halogenated alkanes) is 27. The first-order valence-corrected chi connectivity index (χ1v) is 28.9. The zero-order valence-electron chi connectivity index (χ0n) is 42.9. The Bertz CT molecular complexity index is 1250. The smallest absolute Gasteiger partial charge is 0.457 e. The van der Waals surface area contributed by atoms with Crippen LogP contribution in [-0.4, -0.2) is 49.9 Å². The summed E-state index contributed by atoms with van der Waals surface area (Å²) in [5.74, 6) is -0.334. The highest BCUT2D eigenvalue weighted by Crippen LogP contribution is 2.43. The van der Waals surface area contributed by atoms with Gasteiger partial charge in [0.1, 0.15) is 6.10 Å². The Morgan fingerprint density at radius 2 is 0.848 bits per heavy atom. The summed E-state index contributed by atoms with van der Waals surface area (Å²) in [5, 5.41) is 0. The van der Waals surface area contributed by atoms with Gasteiger partial charge in [0.15, 0.2) is 0 Å². The SMILES string of the molecule is CC/C=C\C/C=C\C/C=C\C/C=C\C/C=C\CCCCCCCCCCOCC(COP(=O)(O)OCCN)OC(=O)CCCCCCCCCCCCC/C=C\CCCCCCCCCC. The number of phosphoric acid groups is 1. The molecule has 0 spiro atoms. The number of nitrogens with two attached hydrogens (primary N) is 1. The summed E-state index contributed by atoms with van der Waals surface area (Å²) in [4.78, 5) is 22.6. The number of phosphoric ester groups is 1. The lowest BCUT2D eigenvalue weighted by atomic mass is 10.0. The number of ether oxygens (including phenoxy) is 2. The van der Waals surface area contributed by atoms with Crippen molar-refractivity contribution >= 4 is 13.8 Å². The van der Waals surface area contributed by atoms with Crippen LogP contribution in [0.25, 0.3) is 0 Å². The Balaban J connectivity index is 3.94. The summed E-state index contributed by atoms with van der Waals surface area (Å²) < 4.78 is 33.7. The number of hydrogen-bond donors (Lipinski definition) is 2. The molecule has 2 unspecified atom stereocenters. The molecule has 0 aliphatic heterocycles. The van der Waals surface area contributed by atoms with Crippen molar-refractivity contribution in [3.63, 3.8) is 0 Å². The molecule has 8 nitrogen and oxygen atoms in total. The van der Waals surface area contributed by atoms with Crippen LogP contribution in [0.15, 0.2) is 72.9 Å². The average molecular weight is 946 g/mol. The standard InChI is InChI=1S/C57H104NO7P/c1-3-5-7-9-11-13-15-17-19-21-23-25-27-29-31-33-35-37-39-41-43-45-47-49-52-62-54-56(55-64-66(60,61)63-53-51-58)65-57(59)50-48-46-44-42-40-38-36-34-32-30-28-26-24-22-20-18-16-14-12-10-8-6-4-2/h5,7,11,13,17,19,22-25,29,31,56H,3-4,6,8-10,12,14-16,18,20-21,26-28,30,32-55,58H2,1-2H3,(H,60,61)/b7-5-,13-11-,19-17-,24-22-,25-23-,31-29-. The molecule has 0 rings (SSSR count). The molecule has 384 valence electrons. The van der Waals surface area contributed by atoms with E-state index in [9.17, 15) is 14.3 Å². The van der Waals surface area contributed by atoms with Crippen molar-refractivity contribution in [1.82, 2.24) is 0 Å². The van der Waals surface area contributed by atoms with Crippen LogP contribution in [0.2, 0.25) is 0 Å². The molecular weight excluding hydrogens is 842 g/mol. The van der Waals surface area contributed by atoms with E-state index in [1.807, 2.05) is 0 Å². The minimum absolute atomic E-state index is 0.0962. The molecule has 66 heavy (non-hydrogen) atoms. The van der Waals surface area contributed by atoms with Gasteiger partial charge in [-0.2, -0.15) is 0 Å². The van der Waals surface area contributed by atoms with Gasteiger partial charge in [0, 0.05) is 19.6 Å². The van der Waals surface area contributed by atoms with Gasteiger partial charge >= 0.3 is 13.8 Å². The first-order valence-electron chi connectivity index (χ1n) is 27.4. The second kappa shape index (κ2) is 53.9. The maximum absolute atomic E-state index is 12.7. The normalized spacial score (nSPS) is 13.8. The van der Waals surface area contributed by atoms with Gasteiger partial charge in [-0.25, -0.2) is 4.57 Å². The largest absolute Gasteiger partial charge is 0.472 e. The van der Waals surface area contributed by atoms with Crippen LogP contribution in [0.1, 0.15) is 245 Å². The lowest BCUT2D eigenvalue weighted by molar-refractivity contribution is -0.154. The lowest BCUT2D eigenvalue weighted by Crippen LogP contribution is -2.28. The molecule has 0 aromatic heterocycles. The minimum Gasteiger partial charge on any atom is -0.457 e. The first-order chi connectivity index (χ1) is 32.4. The molecule has 0 bridgehead atoms. The van der Waals surface area contributed by atoms with E-state index < -0.39 is 13.9 Å². The van der Waals surface area contributed by atoms with Crippen LogP contribution in [0, 0.1) is 0 Å². The van der Waals surface area contributed by atoms with Crippen molar-refractivity contribution in [1.29, 1.82) is 0 Å². The molecule has 9 heteroatoms. The van der Waals surface area contributed by atoms with Crippen molar-refractivity contribution < 1.29 is 32.8 Å². The Morgan fingerprint density at radius 3 is 1.29 bits per heavy atom. The third-order valence-electron chi connectivity index (χ3n) is 11.6. The number of allylic oxidation sites excluding steroid dienone is 12. The molecule has 0 fully saturated rings. The highest BCUT2D eigenvalue weighted by molar-refractivity contribution is 7.47. The summed E-state index contributed by atoms with van der Waals surface area (Å²) in [7, 11) is -4.29. The highest BCUT2D eigenvalue weighted by atomic mass is 31.2. The van der Waals surface area contributed by atoms with E-state index in [2.05, 4.69) is 86.8 Å². The zero-order chi connectivity index (χ0) is 48.0. The van der Waals surface area contributed by atoms with Gasteiger partial charge in [0.2, 0.25) is 0 Å². The van der Waals surface area contributed by atoms with Crippen molar-refractivity contribution in [2.24, 2.45) is 5.73 Å². The molecule has 0 aliphatic carbocycles. The van der Waals surface area contributed by atoms with Crippen LogP contribution in [0.4, 0.5) is 0 Å². The predicted octanol–water partition coefficient (Wildman–Crippen LogP) is 17.4. The van der Waals surface area contributed by atoms with E-state index in [1.165, 1.54) is 154 Å². The van der Waals surface area contributed by atoms with Crippen LogP contribution in [-0.2, 0) is 27.9 Å². The molecule has 0 heterocycles. The molecule has 2 atom stereocenters. The summed E-state index contributed by atoms with van der Waals surface area (Å²) in [6.07, 6.45) is 69.4. The van der Waals surface area contributed by atoms with Crippen LogP contribution < -0.4 is 5.73 Å². The van der Waals surface area contributed by atoms with E-state index >= 15 is 0 Å². The van der Waals surface area contributed by atoms with Crippen molar-refractivity contribution in [3.05, 3.63) is 72.9 Å². The average Bonchev–Trinajstić information content (AvgIpc) is 3.31. The van der Waals surface area contributed by atoms with Gasteiger partial charge in [0.05, 0.1) is 19.8 Å². The fraction of sp³-hybridized carbons (Fsp3) is 0.772. The summed E-state index contributed by atoms with van der Waals surface area (Å²) >= 11 is 0. The Labute approximate surface area is 407 Å². The van der Waals surface area contributed by atoms with Gasteiger partial charge in [0.25, 0.3) is 0 Å². The second-order valence-corrected chi connectivity index (χ2v) is 19.5. The second-order valence-electron chi connectivity index (χ2n) is 18.1. The third-order valence-corrected chi connectivity index (χ3v) is 12.6. The quantitative estimate of drug-likeness (QED) is 0.0268. The third kappa shape index (κ3) is 52.9. The molecule has 0 aromatic rings. The molecule has 0 aromatic carbocycles. The number of carbonyl (C=O) groups excluding carboxylic acids is 1. The molecule has 3 N–H and O–H groups in total.